The number of carbonyl (C=O) groups is 2. The fourth-order valence-electron chi connectivity index (χ4n) is 3.80. The number of rotatable bonds is 6. The SMILES string of the molecule is COC(=O)c1ccnc2ccc(N(C)CCCN3CCN(C(=O)OC(C)(C)C)CC3)cc12. The summed E-state index contributed by atoms with van der Waals surface area (Å²) in [5.41, 5.74) is 1.86. The van der Waals surface area contributed by atoms with E-state index < -0.39 is 5.60 Å². The van der Waals surface area contributed by atoms with Gasteiger partial charge in [0.2, 0.25) is 0 Å². The van der Waals surface area contributed by atoms with Gasteiger partial charge < -0.3 is 19.3 Å². The van der Waals surface area contributed by atoms with Gasteiger partial charge in [-0.1, -0.05) is 0 Å². The average Bonchev–Trinajstić information content (AvgIpc) is 2.77. The van der Waals surface area contributed by atoms with Gasteiger partial charge >= 0.3 is 12.1 Å². The summed E-state index contributed by atoms with van der Waals surface area (Å²) in [5, 5.41) is 0.793. The molecule has 1 aliphatic heterocycles. The van der Waals surface area contributed by atoms with Crippen LogP contribution in [0.1, 0.15) is 37.6 Å². The molecule has 1 amide bonds. The number of fused-ring (bicyclic) bond motifs is 1. The van der Waals surface area contributed by atoms with Crippen molar-refractivity contribution >= 4 is 28.7 Å². The summed E-state index contributed by atoms with van der Waals surface area (Å²) < 4.78 is 10.4. The van der Waals surface area contributed by atoms with Crippen LogP contribution in [0.3, 0.4) is 0 Å². The monoisotopic (exact) mass is 442 g/mol. The second-order valence-corrected chi connectivity index (χ2v) is 9.14. The minimum atomic E-state index is -0.463. The van der Waals surface area contributed by atoms with Crippen molar-refractivity contribution in [3.8, 4) is 0 Å². The Kier molecular flexibility index (Phi) is 7.56. The van der Waals surface area contributed by atoms with Crippen LogP contribution in [0.2, 0.25) is 0 Å². The molecule has 0 aliphatic carbocycles. The number of amides is 1. The third kappa shape index (κ3) is 6.09. The maximum Gasteiger partial charge on any atom is 0.410 e. The summed E-state index contributed by atoms with van der Waals surface area (Å²) in [6.07, 6.45) is 2.40. The van der Waals surface area contributed by atoms with Gasteiger partial charge in [-0.25, -0.2) is 9.59 Å². The molecule has 0 bridgehead atoms. The summed E-state index contributed by atoms with van der Waals surface area (Å²) in [4.78, 5) is 35.0. The normalized spacial score (nSPS) is 15.0. The molecule has 0 N–H and O–H groups in total. The molecule has 1 saturated heterocycles. The average molecular weight is 443 g/mol. The Balaban J connectivity index is 1.50. The van der Waals surface area contributed by atoms with E-state index in [-0.39, 0.29) is 12.1 Å². The van der Waals surface area contributed by atoms with Crippen LogP contribution in [0.4, 0.5) is 10.5 Å². The molecule has 8 nitrogen and oxygen atoms in total. The largest absolute Gasteiger partial charge is 0.465 e. The molecule has 1 aromatic carbocycles. The van der Waals surface area contributed by atoms with Crippen molar-refractivity contribution in [2.24, 2.45) is 0 Å². The van der Waals surface area contributed by atoms with E-state index in [4.69, 9.17) is 9.47 Å². The van der Waals surface area contributed by atoms with Crippen molar-refractivity contribution in [2.75, 3.05) is 58.3 Å². The Morgan fingerprint density at radius 2 is 1.84 bits per heavy atom. The van der Waals surface area contributed by atoms with Crippen molar-refractivity contribution in [3.63, 3.8) is 0 Å². The third-order valence-corrected chi connectivity index (χ3v) is 5.56. The molecular formula is C24H34N4O4. The van der Waals surface area contributed by atoms with Crippen molar-refractivity contribution < 1.29 is 19.1 Å². The highest BCUT2D eigenvalue weighted by molar-refractivity contribution is 6.04. The summed E-state index contributed by atoms with van der Waals surface area (Å²) in [5.74, 6) is -0.359. The van der Waals surface area contributed by atoms with Crippen LogP contribution in [0, 0.1) is 0 Å². The van der Waals surface area contributed by atoms with Gasteiger partial charge in [0.15, 0.2) is 0 Å². The van der Waals surface area contributed by atoms with Crippen LogP contribution >= 0.6 is 0 Å². The molecule has 0 radical (unpaired) electrons. The first-order chi connectivity index (χ1) is 15.2. The summed E-state index contributed by atoms with van der Waals surface area (Å²) in [6.45, 7) is 10.6. The Bertz CT molecular complexity index is 949. The molecule has 0 saturated carbocycles. The van der Waals surface area contributed by atoms with Crippen LogP contribution < -0.4 is 4.90 Å². The van der Waals surface area contributed by atoms with E-state index in [0.29, 0.717) is 18.7 Å². The van der Waals surface area contributed by atoms with Crippen molar-refractivity contribution in [3.05, 3.63) is 36.0 Å². The lowest BCUT2D eigenvalue weighted by Crippen LogP contribution is -2.50. The van der Waals surface area contributed by atoms with Gasteiger partial charge in [-0.3, -0.25) is 9.88 Å². The number of aromatic nitrogens is 1. The zero-order valence-electron chi connectivity index (χ0n) is 19.8. The topological polar surface area (TPSA) is 75.2 Å². The highest BCUT2D eigenvalue weighted by atomic mass is 16.6. The molecule has 1 aliphatic rings. The van der Waals surface area contributed by atoms with Crippen LogP contribution in [0.5, 0.6) is 0 Å². The number of nitrogens with zero attached hydrogens (tertiary/aromatic N) is 4. The van der Waals surface area contributed by atoms with E-state index >= 15 is 0 Å². The Hall–Kier alpha value is -2.87. The predicted octanol–water partition coefficient (Wildman–Crippen LogP) is 3.40. The Labute approximate surface area is 190 Å². The van der Waals surface area contributed by atoms with Gasteiger partial charge in [-0.2, -0.15) is 0 Å². The number of esters is 1. The number of pyridine rings is 1. The molecule has 0 unspecified atom stereocenters. The van der Waals surface area contributed by atoms with Gasteiger partial charge in [0.1, 0.15) is 5.60 Å². The second kappa shape index (κ2) is 10.2. The number of piperazine rings is 1. The first-order valence-corrected chi connectivity index (χ1v) is 11.1. The zero-order chi connectivity index (χ0) is 23.3. The smallest absolute Gasteiger partial charge is 0.410 e. The van der Waals surface area contributed by atoms with E-state index in [1.807, 2.05) is 39.0 Å². The summed E-state index contributed by atoms with van der Waals surface area (Å²) >= 11 is 0. The maximum absolute atomic E-state index is 12.2. The summed E-state index contributed by atoms with van der Waals surface area (Å²) in [7, 11) is 3.44. The quantitative estimate of drug-likeness (QED) is 0.635. The van der Waals surface area contributed by atoms with Crippen LogP contribution in [0.25, 0.3) is 10.9 Å². The van der Waals surface area contributed by atoms with E-state index in [0.717, 1.165) is 49.2 Å². The van der Waals surface area contributed by atoms with Crippen LogP contribution in [-0.2, 0) is 9.47 Å². The van der Waals surface area contributed by atoms with E-state index in [9.17, 15) is 9.59 Å². The molecule has 0 spiro atoms. The molecule has 32 heavy (non-hydrogen) atoms. The number of ether oxygens (including phenoxy) is 2. The molecule has 3 rings (SSSR count). The zero-order valence-corrected chi connectivity index (χ0v) is 19.8. The third-order valence-electron chi connectivity index (χ3n) is 5.56. The Morgan fingerprint density at radius 1 is 1.12 bits per heavy atom. The van der Waals surface area contributed by atoms with Gasteiger partial charge in [-0.05, 0) is 58.0 Å². The minimum Gasteiger partial charge on any atom is -0.465 e. The van der Waals surface area contributed by atoms with E-state index in [1.165, 1.54) is 7.11 Å². The lowest BCUT2D eigenvalue weighted by atomic mass is 10.1. The molecule has 8 heteroatoms. The van der Waals surface area contributed by atoms with E-state index in [1.54, 1.807) is 17.2 Å². The molecule has 2 heterocycles. The molecule has 2 aromatic rings. The van der Waals surface area contributed by atoms with Crippen LogP contribution in [0.15, 0.2) is 30.5 Å². The standard InChI is InChI=1S/C24H34N4O4/c1-24(2,3)32-23(30)28-15-13-27(14-16-28)12-6-11-26(4)18-7-8-21-20(17-18)19(9-10-25-21)22(29)31-5/h7-10,17H,6,11-16H2,1-5H3. The number of benzene rings is 1. The molecule has 174 valence electrons. The number of anilines is 1. The van der Waals surface area contributed by atoms with Crippen molar-refractivity contribution in [1.82, 2.24) is 14.8 Å². The molecule has 1 fully saturated rings. The number of hydrogen-bond acceptors (Lipinski definition) is 7. The highest BCUT2D eigenvalue weighted by Crippen LogP contribution is 2.24. The second-order valence-electron chi connectivity index (χ2n) is 9.14. The minimum absolute atomic E-state index is 0.228. The maximum atomic E-state index is 12.2. The lowest BCUT2D eigenvalue weighted by Gasteiger charge is -2.35. The molecule has 0 atom stereocenters. The van der Waals surface area contributed by atoms with Crippen molar-refractivity contribution in [2.45, 2.75) is 32.8 Å². The fourth-order valence-corrected chi connectivity index (χ4v) is 3.80. The first-order valence-electron chi connectivity index (χ1n) is 11.1. The molecular weight excluding hydrogens is 408 g/mol. The lowest BCUT2D eigenvalue weighted by molar-refractivity contribution is 0.0145. The van der Waals surface area contributed by atoms with Gasteiger partial charge in [0.25, 0.3) is 0 Å². The Morgan fingerprint density at radius 3 is 2.50 bits per heavy atom. The number of carbonyl (C=O) groups excluding carboxylic acids is 2. The van der Waals surface area contributed by atoms with Gasteiger partial charge in [0, 0.05) is 57.0 Å². The fraction of sp³-hybridized carbons (Fsp3) is 0.542. The first kappa shape index (κ1) is 23.8. The predicted molar refractivity (Wildman–Crippen MR) is 125 cm³/mol. The molecule has 1 aromatic heterocycles. The van der Waals surface area contributed by atoms with Gasteiger partial charge in [0.05, 0.1) is 18.2 Å². The number of hydrogen-bond donors (Lipinski definition) is 0. The summed E-state index contributed by atoms with van der Waals surface area (Å²) in [6, 6.07) is 7.64. The van der Waals surface area contributed by atoms with E-state index in [2.05, 4.69) is 21.8 Å². The highest BCUT2D eigenvalue weighted by Gasteiger charge is 2.25. The van der Waals surface area contributed by atoms with Gasteiger partial charge in [-0.15, -0.1) is 0 Å². The van der Waals surface area contributed by atoms with Crippen molar-refractivity contribution in [1.29, 1.82) is 0 Å². The van der Waals surface area contributed by atoms with Crippen LogP contribution in [-0.4, -0.2) is 85.9 Å². The number of methoxy groups -OCH3 is 1.